The Labute approximate surface area is 198 Å². The minimum absolute atomic E-state index is 0.221. The highest BCUT2D eigenvalue weighted by Crippen LogP contribution is 2.22. The van der Waals surface area contributed by atoms with E-state index in [1.807, 2.05) is 48.5 Å². The number of hydrogen-bond acceptors (Lipinski definition) is 6. The SMILES string of the molecule is N/C(=N/OCC(=O)Nc1ccc(Oc2ccccc2)cc1)c1cccc(CN2CCOCC2)c1. The van der Waals surface area contributed by atoms with Gasteiger partial charge in [0.15, 0.2) is 12.4 Å². The Balaban J connectivity index is 1.24. The summed E-state index contributed by atoms with van der Waals surface area (Å²) in [7, 11) is 0. The second kappa shape index (κ2) is 11.8. The van der Waals surface area contributed by atoms with Crippen molar-refractivity contribution in [3.8, 4) is 11.5 Å². The van der Waals surface area contributed by atoms with Crippen molar-refractivity contribution in [3.05, 3.63) is 90.0 Å². The van der Waals surface area contributed by atoms with E-state index in [1.165, 1.54) is 0 Å². The van der Waals surface area contributed by atoms with Crippen LogP contribution in [0.4, 0.5) is 5.69 Å². The highest BCUT2D eigenvalue weighted by Gasteiger charge is 2.11. The Morgan fingerprint density at radius 2 is 1.71 bits per heavy atom. The van der Waals surface area contributed by atoms with Crippen molar-refractivity contribution in [1.29, 1.82) is 0 Å². The summed E-state index contributed by atoms with van der Waals surface area (Å²) < 4.78 is 11.1. The number of oxime groups is 1. The minimum atomic E-state index is -0.339. The Kier molecular flexibility index (Phi) is 8.10. The molecule has 4 rings (SSSR count). The number of carbonyl (C=O) groups is 1. The molecule has 0 aromatic heterocycles. The molecule has 8 heteroatoms. The van der Waals surface area contributed by atoms with Gasteiger partial charge in [-0.1, -0.05) is 41.6 Å². The van der Waals surface area contributed by atoms with E-state index in [1.54, 1.807) is 24.3 Å². The van der Waals surface area contributed by atoms with Crippen molar-refractivity contribution >= 4 is 17.4 Å². The van der Waals surface area contributed by atoms with Gasteiger partial charge in [-0.25, -0.2) is 0 Å². The zero-order valence-electron chi connectivity index (χ0n) is 18.9. The van der Waals surface area contributed by atoms with Crippen molar-refractivity contribution in [2.24, 2.45) is 10.9 Å². The molecule has 3 N–H and O–H groups in total. The predicted octanol–water partition coefficient (Wildman–Crippen LogP) is 3.59. The van der Waals surface area contributed by atoms with Crippen LogP contribution < -0.4 is 15.8 Å². The molecule has 1 aliphatic rings. The molecule has 8 nitrogen and oxygen atoms in total. The summed E-state index contributed by atoms with van der Waals surface area (Å²) in [5.41, 5.74) is 8.57. The Morgan fingerprint density at radius 1 is 0.971 bits per heavy atom. The number of nitrogens with two attached hydrogens (primary N) is 1. The fourth-order valence-corrected chi connectivity index (χ4v) is 3.49. The van der Waals surface area contributed by atoms with E-state index < -0.39 is 0 Å². The molecule has 1 amide bonds. The number of amides is 1. The summed E-state index contributed by atoms with van der Waals surface area (Å²) in [6, 6.07) is 24.4. The normalized spacial score (nSPS) is 14.4. The Bertz CT molecular complexity index is 1100. The van der Waals surface area contributed by atoms with Gasteiger partial charge in [0.1, 0.15) is 11.5 Å². The number of carbonyl (C=O) groups excluding carboxylic acids is 1. The van der Waals surface area contributed by atoms with Gasteiger partial charge in [0.25, 0.3) is 5.91 Å². The average Bonchev–Trinajstić information content (AvgIpc) is 2.87. The monoisotopic (exact) mass is 460 g/mol. The first-order chi connectivity index (χ1) is 16.7. The molecule has 0 aliphatic carbocycles. The highest BCUT2D eigenvalue weighted by molar-refractivity contribution is 5.97. The Hall–Kier alpha value is -3.88. The van der Waals surface area contributed by atoms with Gasteiger partial charge < -0.3 is 25.4 Å². The maximum absolute atomic E-state index is 12.2. The smallest absolute Gasteiger partial charge is 0.265 e. The lowest BCUT2D eigenvalue weighted by Crippen LogP contribution is -2.35. The van der Waals surface area contributed by atoms with E-state index in [0.29, 0.717) is 11.4 Å². The first kappa shape index (κ1) is 23.3. The molecule has 1 saturated heterocycles. The molecule has 0 radical (unpaired) electrons. The van der Waals surface area contributed by atoms with E-state index in [0.717, 1.165) is 49.7 Å². The number of nitrogens with one attached hydrogen (secondary N) is 1. The fraction of sp³-hybridized carbons (Fsp3) is 0.231. The van der Waals surface area contributed by atoms with Gasteiger partial charge in [0.2, 0.25) is 0 Å². The van der Waals surface area contributed by atoms with Crippen molar-refractivity contribution in [3.63, 3.8) is 0 Å². The number of morpholine rings is 1. The first-order valence-electron chi connectivity index (χ1n) is 11.1. The summed E-state index contributed by atoms with van der Waals surface area (Å²) >= 11 is 0. The van der Waals surface area contributed by atoms with E-state index in [9.17, 15) is 4.79 Å². The van der Waals surface area contributed by atoms with Crippen LogP contribution in [0.5, 0.6) is 11.5 Å². The molecule has 1 fully saturated rings. The number of anilines is 1. The third-order valence-electron chi connectivity index (χ3n) is 5.21. The van der Waals surface area contributed by atoms with Crippen LogP contribution >= 0.6 is 0 Å². The predicted molar refractivity (Wildman–Crippen MR) is 131 cm³/mol. The number of ether oxygens (including phenoxy) is 2. The van der Waals surface area contributed by atoms with Crippen LogP contribution in [0, 0.1) is 0 Å². The molecule has 176 valence electrons. The number of para-hydroxylation sites is 1. The van der Waals surface area contributed by atoms with E-state index in [2.05, 4.69) is 21.4 Å². The van der Waals surface area contributed by atoms with Crippen LogP contribution in [0.15, 0.2) is 84.0 Å². The van der Waals surface area contributed by atoms with Crippen LogP contribution in [0.2, 0.25) is 0 Å². The lowest BCUT2D eigenvalue weighted by atomic mass is 10.1. The summed E-state index contributed by atoms with van der Waals surface area (Å²) in [6.07, 6.45) is 0. The molecule has 0 spiro atoms. The molecule has 0 bridgehead atoms. The summed E-state index contributed by atoms with van der Waals surface area (Å²) in [5, 5.41) is 6.66. The quantitative estimate of drug-likeness (QED) is 0.288. The second-order valence-corrected chi connectivity index (χ2v) is 7.83. The molecule has 3 aromatic carbocycles. The van der Waals surface area contributed by atoms with Gasteiger partial charge in [-0.15, -0.1) is 0 Å². The molecule has 0 atom stereocenters. The maximum Gasteiger partial charge on any atom is 0.265 e. The van der Waals surface area contributed by atoms with Crippen molar-refractivity contribution in [2.45, 2.75) is 6.54 Å². The van der Waals surface area contributed by atoms with Crippen LogP contribution in [-0.4, -0.2) is 49.6 Å². The topological polar surface area (TPSA) is 98.4 Å². The first-order valence-corrected chi connectivity index (χ1v) is 11.1. The van der Waals surface area contributed by atoms with Crippen LogP contribution in [0.1, 0.15) is 11.1 Å². The Morgan fingerprint density at radius 3 is 2.47 bits per heavy atom. The number of benzene rings is 3. The lowest BCUT2D eigenvalue weighted by molar-refractivity contribution is -0.120. The molecule has 0 saturated carbocycles. The summed E-state index contributed by atoms with van der Waals surface area (Å²) in [5.74, 6) is 1.30. The zero-order valence-corrected chi connectivity index (χ0v) is 18.9. The molecular formula is C26H28N4O4. The molecule has 34 heavy (non-hydrogen) atoms. The largest absolute Gasteiger partial charge is 0.457 e. The maximum atomic E-state index is 12.2. The van der Waals surface area contributed by atoms with Crippen LogP contribution in [0.3, 0.4) is 0 Å². The van der Waals surface area contributed by atoms with E-state index >= 15 is 0 Å². The molecule has 3 aromatic rings. The highest BCUT2D eigenvalue weighted by atomic mass is 16.6. The fourth-order valence-electron chi connectivity index (χ4n) is 3.49. The van der Waals surface area contributed by atoms with Gasteiger partial charge >= 0.3 is 0 Å². The van der Waals surface area contributed by atoms with E-state index in [4.69, 9.17) is 20.0 Å². The van der Waals surface area contributed by atoms with Crippen molar-refractivity contribution < 1.29 is 19.1 Å². The zero-order chi connectivity index (χ0) is 23.6. The van der Waals surface area contributed by atoms with Gasteiger partial charge in [0, 0.05) is 30.9 Å². The van der Waals surface area contributed by atoms with Gasteiger partial charge in [0.05, 0.1) is 13.2 Å². The standard InChI is InChI=1S/C26H28N4O4/c27-26(21-6-4-5-20(17-21)18-30-13-15-32-16-14-30)29-33-19-25(31)28-22-9-11-24(12-10-22)34-23-7-2-1-3-8-23/h1-12,17H,13-16,18-19H2,(H2,27,29)(H,28,31). The van der Waals surface area contributed by atoms with Crippen LogP contribution in [-0.2, 0) is 20.9 Å². The number of nitrogens with zero attached hydrogens (tertiary/aromatic N) is 2. The molecule has 1 aliphatic heterocycles. The van der Waals surface area contributed by atoms with Gasteiger partial charge in [-0.3, -0.25) is 9.69 Å². The molecule has 1 heterocycles. The van der Waals surface area contributed by atoms with Crippen molar-refractivity contribution in [1.82, 2.24) is 4.90 Å². The number of amidine groups is 1. The van der Waals surface area contributed by atoms with Crippen LogP contribution in [0.25, 0.3) is 0 Å². The van der Waals surface area contributed by atoms with Gasteiger partial charge in [-0.05, 0) is 48.0 Å². The molecule has 0 unspecified atom stereocenters. The second-order valence-electron chi connectivity index (χ2n) is 7.83. The van der Waals surface area contributed by atoms with Gasteiger partial charge in [-0.2, -0.15) is 0 Å². The summed E-state index contributed by atoms with van der Waals surface area (Å²) in [4.78, 5) is 19.7. The van der Waals surface area contributed by atoms with E-state index in [-0.39, 0.29) is 18.3 Å². The number of hydrogen-bond donors (Lipinski definition) is 2. The minimum Gasteiger partial charge on any atom is -0.457 e. The lowest BCUT2D eigenvalue weighted by Gasteiger charge is -2.26. The average molecular weight is 461 g/mol. The molecular weight excluding hydrogens is 432 g/mol. The van der Waals surface area contributed by atoms with Crippen molar-refractivity contribution in [2.75, 3.05) is 38.2 Å². The third-order valence-corrected chi connectivity index (χ3v) is 5.21. The summed E-state index contributed by atoms with van der Waals surface area (Å²) in [6.45, 7) is 3.90. The third kappa shape index (κ3) is 7.06. The number of rotatable bonds is 9.